The van der Waals surface area contributed by atoms with Crippen molar-refractivity contribution in [3.63, 3.8) is 0 Å². The molecule has 2 aromatic heterocycles. The van der Waals surface area contributed by atoms with E-state index in [0.717, 1.165) is 16.7 Å². The van der Waals surface area contributed by atoms with Crippen molar-refractivity contribution in [1.82, 2.24) is 9.78 Å². The van der Waals surface area contributed by atoms with Crippen LogP contribution in [0.15, 0.2) is 16.7 Å². The lowest BCUT2D eigenvalue weighted by atomic mass is 10.1. The molecular weight excluding hydrogens is 334 g/mol. The van der Waals surface area contributed by atoms with Crippen molar-refractivity contribution in [3.8, 4) is 0 Å². The van der Waals surface area contributed by atoms with Gasteiger partial charge in [-0.25, -0.2) is 0 Å². The van der Waals surface area contributed by atoms with E-state index in [9.17, 15) is 0 Å². The van der Waals surface area contributed by atoms with Gasteiger partial charge in [0.25, 0.3) is 0 Å². The van der Waals surface area contributed by atoms with Crippen LogP contribution in [-0.4, -0.2) is 9.78 Å². The van der Waals surface area contributed by atoms with Crippen molar-refractivity contribution in [2.45, 2.75) is 51.6 Å². The minimum Gasteiger partial charge on any atom is -0.318 e. The maximum absolute atomic E-state index is 6.51. The van der Waals surface area contributed by atoms with Gasteiger partial charge in [-0.2, -0.15) is 5.10 Å². The number of nitrogens with two attached hydrogens (primary N) is 1. The average molecular weight is 354 g/mol. The van der Waals surface area contributed by atoms with E-state index in [1.54, 1.807) is 4.88 Å². The van der Waals surface area contributed by atoms with E-state index in [-0.39, 0.29) is 6.04 Å². The Morgan fingerprint density at radius 3 is 3.00 bits per heavy atom. The van der Waals surface area contributed by atoms with Crippen molar-refractivity contribution in [3.05, 3.63) is 37.7 Å². The third-order valence-electron chi connectivity index (χ3n) is 4.00. The van der Waals surface area contributed by atoms with Crippen LogP contribution < -0.4 is 5.73 Å². The maximum atomic E-state index is 6.51. The first-order chi connectivity index (χ1) is 9.70. The lowest BCUT2D eigenvalue weighted by Crippen LogP contribution is -2.16. The summed E-state index contributed by atoms with van der Waals surface area (Å²) in [6.07, 6.45) is 8.27. The summed E-state index contributed by atoms with van der Waals surface area (Å²) in [6, 6.07) is 2.25. The molecule has 0 fully saturated rings. The first kappa shape index (κ1) is 14.3. The van der Waals surface area contributed by atoms with Crippen molar-refractivity contribution in [1.29, 1.82) is 0 Å². The van der Waals surface area contributed by atoms with Crippen LogP contribution in [0.1, 0.15) is 53.2 Å². The molecule has 2 heterocycles. The summed E-state index contributed by atoms with van der Waals surface area (Å²) in [7, 11) is 0. The van der Waals surface area contributed by atoms with Gasteiger partial charge in [-0.1, -0.05) is 6.42 Å². The Morgan fingerprint density at radius 1 is 1.40 bits per heavy atom. The van der Waals surface area contributed by atoms with Crippen LogP contribution in [0.4, 0.5) is 0 Å². The number of fused-ring (bicyclic) bond motifs is 1. The summed E-state index contributed by atoms with van der Waals surface area (Å²) >= 11 is 5.48. The quantitative estimate of drug-likeness (QED) is 0.846. The van der Waals surface area contributed by atoms with Gasteiger partial charge >= 0.3 is 0 Å². The van der Waals surface area contributed by atoms with Gasteiger partial charge in [0.1, 0.15) is 0 Å². The zero-order valence-corrected chi connectivity index (χ0v) is 14.1. The SMILES string of the molecule is CCn1ncc(Br)c1C(N)c1cc2c(s1)CCCCC2. The summed E-state index contributed by atoms with van der Waals surface area (Å²) in [5.74, 6) is 0. The van der Waals surface area contributed by atoms with Gasteiger partial charge in [0.15, 0.2) is 0 Å². The monoisotopic (exact) mass is 353 g/mol. The molecule has 1 unspecified atom stereocenters. The Bertz CT molecular complexity index is 579. The second kappa shape index (κ2) is 6.00. The third kappa shape index (κ3) is 2.59. The second-order valence-corrected chi connectivity index (χ2v) is 7.35. The van der Waals surface area contributed by atoms with Gasteiger partial charge in [0, 0.05) is 16.3 Å². The Labute approximate surface area is 132 Å². The zero-order chi connectivity index (χ0) is 14.1. The largest absolute Gasteiger partial charge is 0.318 e. The van der Waals surface area contributed by atoms with E-state index in [0.29, 0.717) is 0 Å². The van der Waals surface area contributed by atoms with Crippen molar-refractivity contribution in [2.24, 2.45) is 5.73 Å². The molecule has 3 nitrogen and oxygen atoms in total. The zero-order valence-electron chi connectivity index (χ0n) is 11.7. The highest BCUT2D eigenvalue weighted by Gasteiger charge is 2.22. The first-order valence-corrected chi connectivity index (χ1v) is 8.90. The van der Waals surface area contributed by atoms with Gasteiger partial charge < -0.3 is 5.73 Å². The number of hydrogen-bond donors (Lipinski definition) is 1. The molecule has 0 spiro atoms. The van der Waals surface area contributed by atoms with Gasteiger partial charge in [-0.3, -0.25) is 4.68 Å². The van der Waals surface area contributed by atoms with E-state index in [1.165, 1.54) is 42.5 Å². The molecule has 0 bridgehead atoms. The fourth-order valence-electron chi connectivity index (χ4n) is 2.91. The summed E-state index contributed by atoms with van der Waals surface area (Å²) in [5.41, 5.74) is 9.12. The Kier molecular flexibility index (Phi) is 4.29. The highest BCUT2D eigenvalue weighted by Crippen LogP contribution is 2.35. The second-order valence-electron chi connectivity index (χ2n) is 5.33. The molecular formula is C15H20BrN3S. The Balaban J connectivity index is 1.94. The number of halogens is 1. The minimum atomic E-state index is -0.0799. The predicted molar refractivity (Wildman–Crippen MR) is 87.2 cm³/mol. The van der Waals surface area contributed by atoms with Crippen molar-refractivity contribution >= 4 is 27.3 Å². The lowest BCUT2D eigenvalue weighted by molar-refractivity contribution is 0.602. The molecule has 0 radical (unpaired) electrons. The summed E-state index contributed by atoms with van der Waals surface area (Å²) in [4.78, 5) is 2.82. The maximum Gasteiger partial charge on any atom is 0.0828 e. The van der Waals surface area contributed by atoms with Crippen LogP contribution in [0.5, 0.6) is 0 Å². The van der Waals surface area contributed by atoms with E-state index in [2.05, 4.69) is 34.0 Å². The van der Waals surface area contributed by atoms with Crippen LogP contribution in [0, 0.1) is 0 Å². The predicted octanol–water partition coefficient (Wildman–Crippen LogP) is 4.04. The smallest absolute Gasteiger partial charge is 0.0828 e. The number of thiophene rings is 1. The van der Waals surface area contributed by atoms with E-state index in [1.807, 2.05) is 22.2 Å². The molecule has 0 saturated carbocycles. The van der Waals surface area contributed by atoms with Crippen LogP contribution in [0.25, 0.3) is 0 Å². The molecule has 0 aliphatic heterocycles. The molecule has 2 N–H and O–H groups in total. The minimum absolute atomic E-state index is 0.0799. The van der Waals surface area contributed by atoms with Crippen LogP contribution in [0.3, 0.4) is 0 Å². The molecule has 108 valence electrons. The Hall–Kier alpha value is -0.650. The van der Waals surface area contributed by atoms with Gasteiger partial charge in [-0.15, -0.1) is 11.3 Å². The normalized spacial score (nSPS) is 16.8. The molecule has 0 aromatic carbocycles. The van der Waals surface area contributed by atoms with E-state index >= 15 is 0 Å². The fraction of sp³-hybridized carbons (Fsp3) is 0.533. The van der Waals surface area contributed by atoms with E-state index in [4.69, 9.17) is 5.73 Å². The molecule has 0 saturated heterocycles. The van der Waals surface area contributed by atoms with Gasteiger partial charge in [0.05, 0.1) is 22.4 Å². The van der Waals surface area contributed by atoms with Gasteiger partial charge in [0.2, 0.25) is 0 Å². The fourth-order valence-corrected chi connectivity index (χ4v) is 4.72. The number of aromatic nitrogens is 2. The summed E-state index contributed by atoms with van der Waals surface area (Å²) < 4.78 is 3.00. The van der Waals surface area contributed by atoms with Gasteiger partial charge in [-0.05, 0) is 60.2 Å². The standard InChI is InChI=1S/C15H20BrN3S/c1-2-19-15(11(16)9-18-19)14(17)13-8-10-6-4-3-5-7-12(10)20-13/h8-9,14H,2-7,17H2,1H3. The third-order valence-corrected chi connectivity index (χ3v) is 5.93. The average Bonchev–Trinajstić information content (AvgIpc) is 2.95. The van der Waals surface area contributed by atoms with Crippen molar-refractivity contribution < 1.29 is 0 Å². The molecule has 5 heteroatoms. The molecule has 1 atom stereocenters. The molecule has 0 amide bonds. The molecule has 1 aliphatic rings. The van der Waals surface area contributed by atoms with E-state index < -0.39 is 0 Å². The molecule has 1 aliphatic carbocycles. The highest BCUT2D eigenvalue weighted by atomic mass is 79.9. The molecule has 20 heavy (non-hydrogen) atoms. The molecule has 2 aromatic rings. The van der Waals surface area contributed by atoms with Crippen LogP contribution >= 0.6 is 27.3 Å². The number of aryl methyl sites for hydroxylation is 3. The Morgan fingerprint density at radius 2 is 2.20 bits per heavy atom. The molecule has 3 rings (SSSR count). The summed E-state index contributed by atoms with van der Waals surface area (Å²) in [5, 5.41) is 4.37. The van der Waals surface area contributed by atoms with Crippen LogP contribution in [0.2, 0.25) is 0 Å². The number of nitrogens with zero attached hydrogens (tertiary/aromatic N) is 2. The lowest BCUT2D eigenvalue weighted by Gasteiger charge is -2.12. The highest BCUT2D eigenvalue weighted by molar-refractivity contribution is 9.10. The van der Waals surface area contributed by atoms with Crippen LogP contribution in [-0.2, 0) is 19.4 Å². The number of hydrogen-bond acceptors (Lipinski definition) is 3. The first-order valence-electron chi connectivity index (χ1n) is 7.29. The van der Waals surface area contributed by atoms with Crippen molar-refractivity contribution in [2.75, 3.05) is 0 Å². The summed E-state index contributed by atoms with van der Waals surface area (Å²) in [6.45, 7) is 2.94. The number of rotatable bonds is 3. The topological polar surface area (TPSA) is 43.8 Å².